The van der Waals surface area contributed by atoms with Gasteiger partial charge in [0, 0.05) is 31.4 Å². The average Bonchev–Trinajstić information content (AvgIpc) is 3.01. The predicted molar refractivity (Wildman–Crippen MR) is 105 cm³/mol. The molecule has 2 fully saturated rings. The second-order valence-corrected chi connectivity index (χ2v) is 8.13. The molecule has 25 heavy (non-hydrogen) atoms. The first-order chi connectivity index (χ1) is 12.0. The summed E-state index contributed by atoms with van der Waals surface area (Å²) in [5.74, 6) is 0. The van der Waals surface area contributed by atoms with Gasteiger partial charge in [0.25, 0.3) is 0 Å². The molecule has 0 amide bonds. The maximum absolute atomic E-state index is 9.79. The summed E-state index contributed by atoms with van der Waals surface area (Å²) in [6.45, 7) is 6.46. The monoisotopic (exact) mass is 345 g/mol. The Bertz CT molecular complexity index is 540. The second-order valence-electron chi connectivity index (χ2n) is 8.13. The average molecular weight is 346 g/mol. The van der Waals surface area contributed by atoms with E-state index in [0.717, 1.165) is 19.5 Å². The van der Waals surface area contributed by atoms with Gasteiger partial charge in [0.15, 0.2) is 0 Å². The molecule has 4 nitrogen and oxygen atoms in total. The largest absolute Gasteiger partial charge is 0.393 e. The van der Waals surface area contributed by atoms with Gasteiger partial charge in [-0.15, -0.1) is 0 Å². The smallest absolute Gasteiger partial charge is 0.0527 e. The molecule has 0 aromatic heterocycles. The zero-order valence-electron chi connectivity index (χ0n) is 16.2. The molecule has 0 spiro atoms. The first-order valence-electron chi connectivity index (χ1n) is 9.96. The van der Waals surface area contributed by atoms with E-state index in [9.17, 15) is 5.11 Å². The predicted octanol–water partition coefficient (Wildman–Crippen LogP) is 2.95. The van der Waals surface area contributed by atoms with Crippen LogP contribution in [0, 0.1) is 0 Å². The van der Waals surface area contributed by atoms with Crippen molar-refractivity contribution >= 4 is 5.69 Å². The van der Waals surface area contributed by atoms with Gasteiger partial charge >= 0.3 is 0 Å². The third kappa shape index (κ3) is 4.75. The fourth-order valence-electron chi connectivity index (χ4n) is 4.55. The standard InChI is InChI=1S/C21H35N3O/c1-17(25)15-20-8-6-12-24(20)16-18-7-4-5-9-21(18)23(3)19-10-13-22(2)14-11-19/h4-5,7,9,17,19-20,25H,6,8,10-16H2,1-3H3. The Labute approximate surface area is 153 Å². The minimum Gasteiger partial charge on any atom is -0.393 e. The lowest BCUT2D eigenvalue weighted by molar-refractivity contribution is 0.131. The Morgan fingerprint density at radius 2 is 1.88 bits per heavy atom. The number of hydrogen-bond acceptors (Lipinski definition) is 4. The third-order valence-corrected chi connectivity index (χ3v) is 6.09. The highest BCUT2D eigenvalue weighted by Crippen LogP contribution is 2.29. The van der Waals surface area contributed by atoms with Crippen LogP contribution in [0.5, 0.6) is 0 Å². The van der Waals surface area contributed by atoms with Crippen molar-refractivity contribution in [2.45, 2.75) is 63.8 Å². The summed E-state index contributed by atoms with van der Waals surface area (Å²) in [7, 11) is 4.49. The number of piperidine rings is 1. The van der Waals surface area contributed by atoms with Gasteiger partial charge in [-0.1, -0.05) is 18.2 Å². The number of aliphatic hydroxyl groups is 1. The van der Waals surface area contributed by atoms with E-state index in [4.69, 9.17) is 0 Å². The molecular formula is C21H35N3O. The molecule has 140 valence electrons. The van der Waals surface area contributed by atoms with E-state index in [1.165, 1.54) is 50.0 Å². The van der Waals surface area contributed by atoms with E-state index in [1.807, 2.05) is 6.92 Å². The fraction of sp³-hybridized carbons (Fsp3) is 0.714. The summed E-state index contributed by atoms with van der Waals surface area (Å²) in [6, 6.07) is 10.1. The van der Waals surface area contributed by atoms with Gasteiger partial charge in [0.2, 0.25) is 0 Å². The van der Waals surface area contributed by atoms with Crippen LogP contribution in [-0.4, -0.2) is 66.8 Å². The first kappa shape index (κ1) is 18.7. The van der Waals surface area contributed by atoms with Gasteiger partial charge in [-0.05, 0) is 77.3 Å². The van der Waals surface area contributed by atoms with E-state index in [0.29, 0.717) is 12.1 Å². The number of anilines is 1. The van der Waals surface area contributed by atoms with Crippen LogP contribution in [0.2, 0.25) is 0 Å². The summed E-state index contributed by atoms with van der Waals surface area (Å²) in [6.07, 6.45) is 5.66. The number of hydrogen-bond donors (Lipinski definition) is 1. The van der Waals surface area contributed by atoms with Crippen molar-refractivity contribution in [2.24, 2.45) is 0 Å². The molecule has 4 heteroatoms. The van der Waals surface area contributed by atoms with Gasteiger partial charge < -0.3 is 14.9 Å². The third-order valence-electron chi connectivity index (χ3n) is 6.09. The van der Waals surface area contributed by atoms with Crippen LogP contribution in [0.4, 0.5) is 5.69 Å². The second kappa shape index (κ2) is 8.52. The lowest BCUT2D eigenvalue weighted by Crippen LogP contribution is -2.42. The summed E-state index contributed by atoms with van der Waals surface area (Å²) >= 11 is 0. The summed E-state index contributed by atoms with van der Waals surface area (Å²) in [5.41, 5.74) is 2.82. The molecular weight excluding hydrogens is 310 g/mol. The van der Waals surface area contributed by atoms with Crippen molar-refractivity contribution in [3.05, 3.63) is 29.8 Å². The molecule has 0 saturated carbocycles. The minimum absolute atomic E-state index is 0.206. The maximum atomic E-state index is 9.79. The van der Waals surface area contributed by atoms with E-state index in [-0.39, 0.29) is 6.10 Å². The van der Waals surface area contributed by atoms with Gasteiger partial charge in [0.1, 0.15) is 0 Å². The van der Waals surface area contributed by atoms with Crippen LogP contribution in [0.15, 0.2) is 24.3 Å². The molecule has 0 bridgehead atoms. The molecule has 1 N–H and O–H groups in total. The van der Waals surface area contributed by atoms with Crippen LogP contribution < -0.4 is 4.90 Å². The lowest BCUT2D eigenvalue weighted by Gasteiger charge is -2.38. The maximum Gasteiger partial charge on any atom is 0.0527 e. The van der Waals surface area contributed by atoms with Gasteiger partial charge in [-0.2, -0.15) is 0 Å². The number of aliphatic hydroxyl groups excluding tert-OH is 1. The first-order valence-corrected chi connectivity index (χ1v) is 9.96. The molecule has 0 aliphatic carbocycles. The number of benzene rings is 1. The van der Waals surface area contributed by atoms with Crippen LogP contribution in [0.1, 0.15) is 44.6 Å². The molecule has 0 radical (unpaired) electrons. The van der Waals surface area contributed by atoms with Gasteiger partial charge in [-0.3, -0.25) is 4.90 Å². The van der Waals surface area contributed by atoms with Crippen molar-refractivity contribution in [1.82, 2.24) is 9.80 Å². The Morgan fingerprint density at radius 1 is 1.16 bits per heavy atom. The van der Waals surface area contributed by atoms with Crippen molar-refractivity contribution in [3.8, 4) is 0 Å². The number of likely N-dealkylation sites (tertiary alicyclic amines) is 2. The molecule has 1 aromatic rings. The zero-order chi connectivity index (χ0) is 17.8. The van der Waals surface area contributed by atoms with Gasteiger partial charge in [0.05, 0.1) is 6.10 Å². The molecule has 1 aromatic carbocycles. The highest BCUT2D eigenvalue weighted by atomic mass is 16.3. The zero-order valence-corrected chi connectivity index (χ0v) is 16.2. The highest BCUT2D eigenvalue weighted by Gasteiger charge is 2.27. The SMILES string of the molecule is CC(O)CC1CCCN1Cc1ccccc1N(C)C1CCN(C)CC1. The summed E-state index contributed by atoms with van der Waals surface area (Å²) in [4.78, 5) is 7.53. The quantitative estimate of drug-likeness (QED) is 0.858. The summed E-state index contributed by atoms with van der Waals surface area (Å²) < 4.78 is 0. The lowest BCUT2D eigenvalue weighted by atomic mass is 10.0. The Balaban J connectivity index is 1.70. The van der Waals surface area contributed by atoms with Crippen molar-refractivity contribution < 1.29 is 5.11 Å². The van der Waals surface area contributed by atoms with E-state index in [1.54, 1.807) is 0 Å². The van der Waals surface area contributed by atoms with Crippen LogP contribution in [-0.2, 0) is 6.54 Å². The fourth-order valence-corrected chi connectivity index (χ4v) is 4.55. The van der Waals surface area contributed by atoms with Crippen molar-refractivity contribution in [1.29, 1.82) is 0 Å². The molecule has 2 heterocycles. The van der Waals surface area contributed by atoms with E-state index >= 15 is 0 Å². The Morgan fingerprint density at radius 3 is 2.60 bits per heavy atom. The van der Waals surface area contributed by atoms with Crippen LogP contribution >= 0.6 is 0 Å². The van der Waals surface area contributed by atoms with E-state index in [2.05, 4.69) is 53.1 Å². The molecule has 2 aliphatic heterocycles. The molecule has 2 unspecified atom stereocenters. The van der Waals surface area contributed by atoms with Crippen molar-refractivity contribution in [3.63, 3.8) is 0 Å². The molecule has 2 aliphatic rings. The van der Waals surface area contributed by atoms with Crippen LogP contribution in [0.3, 0.4) is 0 Å². The number of para-hydroxylation sites is 1. The highest BCUT2D eigenvalue weighted by molar-refractivity contribution is 5.54. The van der Waals surface area contributed by atoms with Gasteiger partial charge in [-0.25, -0.2) is 0 Å². The topological polar surface area (TPSA) is 30.0 Å². The molecule has 2 saturated heterocycles. The number of nitrogens with zero attached hydrogens (tertiary/aromatic N) is 3. The summed E-state index contributed by atoms with van der Waals surface area (Å²) in [5, 5.41) is 9.79. The van der Waals surface area contributed by atoms with Crippen LogP contribution in [0.25, 0.3) is 0 Å². The van der Waals surface area contributed by atoms with Crippen molar-refractivity contribution in [2.75, 3.05) is 38.6 Å². The molecule has 3 rings (SSSR count). The Kier molecular flexibility index (Phi) is 6.37. The van der Waals surface area contributed by atoms with E-state index < -0.39 is 0 Å². The number of rotatable bonds is 6. The normalized spacial score (nSPS) is 24.6. The Hall–Kier alpha value is -1.10. The molecule has 2 atom stereocenters. The minimum atomic E-state index is -0.206.